The van der Waals surface area contributed by atoms with E-state index in [1.165, 1.54) is 0 Å². The summed E-state index contributed by atoms with van der Waals surface area (Å²) in [7, 11) is 0. The van der Waals surface area contributed by atoms with Gasteiger partial charge in [0, 0.05) is 10.9 Å². The molecule has 0 rings (SSSR count). The molecule has 0 heterocycles. The Bertz CT molecular complexity index is 168. The topological polar surface area (TPSA) is 17.1 Å². The standard InChI is InChI=1S/C8H11BrO/c1-3-4-5-8(6-9)7(2)10/h3-5H,6H2,1-2H3/b4-3+,8-5+. The number of carbonyl (C=O) groups is 1. The van der Waals surface area contributed by atoms with Crippen molar-refractivity contribution in [2.24, 2.45) is 0 Å². The van der Waals surface area contributed by atoms with Crippen LogP contribution in [0, 0.1) is 0 Å². The van der Waals surface area contributed by atoms with E-state index in [-0.39, 0.29) is 5.78 Å². The summed E-state index contributed by atoms with van der Waals surface area (Å²) in [5, 5.41) is 0.632. The highest BCUT2D eigenvalue weighted by Gasteiger charge is 1.97. The molecular formula is C8H11BrO. The zero-order chi connectivity index (χ0) is 7.98. The first-order valence-corrected chi connectivity index (χ1v) is 4.23. The predicted molar refractivity (Wildman–Crippen MR) is 47.4 cm³/mol. The van der Waals surface area contributed by atoms with Crippen LogP contribution in [0.4, 0.5) is 0 Å². The molecule has 56 valence electrons. The summed E-state index contributed by atoms with van der Waals surface area (Å²) in [6, 6.07) is 0. The lowest BCUT2D eigenvalue weighted by Crippen LogP contribution is -1.96. The third kappa shape index (κ3) is 3.62. The first kappa shape index (κ1) is 9.63. The van der Waals surface area contributed by atoms with Gasteiger partial charge in [0.1, 0.15) is 0 Å². The van der Waals surface area contributed by atoms with Crippen molar-refractivity contribution < 1.29 is 4.79 Å². The van der Waals surface area contributed by atoms with E-state index in [2.05, 4.69) is 15.9 Å². The first-order chi connectivity index (χ1) is 4.72. The van der Waals surface area contributed by atoms with Crippen molar-refractivity contribution in [3.05, 3.63) is 23.8 Å². The number of ketones is 1. The molecule has 10 heavy (non-hydrogen) atoms. The van der Waals surface area contributed by atoms with E-state index in [0.29, 0.717) is 5.33 Å². The third-order valence-corrected chi connectivity index (χ3v) is 1.69. The molecule has 0 saturated heterocycles. The molecule has 0 bridgehead atoms. The molecular weight excluding hydrogens is 192 g/mol. The Morgan fingerprint density at radius 1 is 1.60 bits per heavy atom. The van der Waals surface area contributed by atoms with E-state index < -0.39 is 0 Å². The lowest BCUT2D eigenvalue weighted by atomic mass is 10.2. The van der Waals surface area contributed by atoms with Crippen LogP contribution in [0.15, 0.2) is 23.8 Å². The van der Waals surface area contributed by atoms with Gasteiger partial charge in [0.15, 0.2) is 5.78 Å². The summed E-state index contributed by atoms with van der Waals surface area (Å²) in [6.07, 6.45) is 5.57. The van der Waals surface area contributed by atoms with Gasteiger partial charge in [-0.15, -0.1) is 0 Å². The molecule has 0 aliphatic rings. The van der Waals surface area contributed by atoms with Crippen molar-refractivity contribution in [2.45, 2.75) is 13.8 Å². The first-order valence-electron chi connectivity index (χ1n) is 3.11. The molecule has 0 atom stereocenters. The van der Waals surface area contributed by atoms with Crippen LogP contribution in [0.25, 0.3) is 0 Å². The van der Waals surface area contributed by atoms with Crippen LogP contribution in [0.2, 0.25) is 0 Å². The van der Waals surface area contributed by atoms with Gasteiger partial charge in [0.05, 0.1) is 0 Å². The van der Waals surface area contributed by atoms with Crippen LogP contribution >= 0.6 is 15.9 Å². The Morgan fingerprint density at radius 2 is 2.20 bits per heavy atom. The van der Waals surface area contributed by atoms with Crippen LogP contribution in [0.1, 0.15) is 13.8 Å². The van der Waals surface area contributed by atoms with E-state index in [4.69, 9.17) is 0 Å². The SMILES string of the molecule is C/C=C/C=C(\CBr)C(C)=O. The van der Waals surface area contributed by atoms with Crippen molar-refractivity contribution in [1.29, 1.82) is 0 Å². The minimum atomic E-state index is 0.120. The van der Waals surface area contributed by atoms with E-state index in [9.17, 15) is 4.79 Å². The van der Waals surface area contributed by atoms with Gasteiger partial charge in [0.2, 0.25) is 0 Å². The van der Waals surface area contributed by atoms with E-state index in [1.54, 1.807) is 6.92 Å². The van der Waals surface area contributed by atoms with Gasteiger partial charge in [-0.05, 0) is 13.8 Å². The van der Waals surface area contributed by atoms with Crippen LogP contribution in [-0.2, 0) is 4.79 Å². The van der Waals surface area contributed by atoms with Crippen molar-refractivity contribution in [3.63, 3.8) is 0 Å². The zero-order valence-electron chi connectivity index (χ0n) is 6.23. The molecule has 1 nitrogen and oxygen atoms in total. The highest BCUT2D eigenvalue weighted by molar-refractivity contribution is 9.09. The quantitative estimate of drug-likeness (QED) is 0.391. The monoisotopic (exact) mass is 202 g/mol. The zero-order valence-corrected chi connectivity index (χ0v) is 7.81. The average molecular weight is 203 g/mol. The summed E-state index contributed by atoms with van der Waals surface area (Å²) in [4.78, 5) is 10.7. The number of allylic oxidation sites excluding steroid dienone is 4. The predicted octanol–water partition coefficient (Wildman–Crippen LogP) is 2.47. The largest absolute Gasteiger partial charge is 0.295 e. The molecule has 0 aromatic rings. The fourth-order valence-corrected chi connectivity index (χ4v) is 1.05. The smallest absolute Gasteiger partial charge is 0.156 e. The molecule has 2 heteroatoms. The molecule has 0 amide bonds. The van der Waals surface area contributed by atoms with Crippen molar-refractivity contribution in [2.75, 3.05) is 5.33 Å². The summed E-state index contributed by atoms with van der Waals surface area (Å²) < 4.78 is 0. The molecule has 0 unspecified atom stereocenters. The van der Waals surface area contributed by atoms with Crippen molar-refractivity contribution in [1.82, 2.24) is 0 Å². The number of hydrogen-bond acceptors (Lipinski definition) is 1. The van der Waals surface area contributed by atoms with E-state index in [0.717, 1.165) is 5.57 Å². The third-order valence-electron chi connectivity index (χ3n) is 1.09. The van der Waals surface area contributed by atoms with Gasteiger partial charge < -0.3 is 0 Å². The average Bonchev–Trinajstić information content (AvgIpc) is 1.89. The highest BCUT2D eigenvalue weighted by atomic mass is 79.9. The summed E-state index contributed by atoms with van der Waals surface area (Å²) in [5.74, 6) is 0.120. The molecule has 0 spiro atoms. The summed E-state index contributed by atoms with van der Waals surface area (Å²) >= 11 is 3.22. The number of carbonyl (C=O) groups excluding carboxylic acids is 1. The Labute approximate surface area is 69.9 Å². The second-order valence-corrected chi connectivity index (χ2v) is 2.47. The number of Topliss-reactive ketones (excluding diaryl/α,β-unsaturated/α-hetero) is 1. The number of alkyl halides is 1. The van der Waals surface area contributed by atoms with Gasteiger partial charge in [0.25, 0.3) is 0 Å². The fraction of sp³-hybridized carbons (Fsp3) is 0.375. The van der Waals surface area contributed by atoms with Gasteiger partial charge in [-0.2, -0.15) is 0 Å². The molecule has 0 aromatic carbocycles. The minimum absolute atomic E-state index is 0.120. The number of hydrogen-bond donors (Lipinski definition) is 0. The Morgan fingerprint density at radius 3 is 2.50 bits per heavy atom. The molecule has 0 radical (unpaired) electrons. The molecule has 0 saturated carbocycles. The Kier molecular flexibility index (Phi) is 5.22. The fourth-order valence-electron chi connectivity index (χ4n) is 0.468. The van der Waals surface area contributed by atoms with E-state index >= 15 is 0 Å². The normalized spacial score (nSPS) is 12.5. The maximum atomic E-state index is 10.7. The van der Waals surface area contributed by atoms with Crippen LogP contribution in [0.5, 0.6) is 0 Å². The van der Waals surface area contributed by atoms with Crippen molar-refractivity contribution in [3.8, 4) is 0 Å². The maximum absolute atomic E-state index is 10.7. The van der Waals surface area contributed by atoms with Gasteiger partial charge in [-0.25, -0.2) is 0 Å². The maximum Gasteiger partial charge on any atom is 0.156 e. The van der Waals surface area contributed by atoms with Gasteiger partial charge in [-0.3, -0.25) is 4.79 Å². The molecule has 0 N–H and O–H groups in total. The van der Waals surface area contributed by atoms with Gasteiger partial charge in [-0.1, -0.05) is 34.2 Å². The molecule has 0 aliphatic carbocycles. The number of rotatable bonds is 3. The van der Waals surface area contributed by atoms with Crippen LogP contribution in [-0.4, -0.2) is 11.1 Å². The second-order valence-electron chi connectivity index (χ2n) is 1.91. The highest BCUT2D eigenvalue weighted by Crippen LogP contribution is 2.00. The minimum Gasteiger partial charge on any atom is -0.295 e. The lowest BCUT2D eigenvalue weighted by Gasteiger charge is -1.92. The summed E-state index contributed by atoms with van der Waals surface area (Å²) in [6.45, 7) is 3.49. The van der Waals surface area contributed by atoms with Crippen LogP contribution < -0.4 is 0 Å². The Hall–Kier alpha value is -0.370. The second kappa shape index (κ2) is 5.42. The molecule has 0 aliphatic heterocycles. The Balaban J connectivity index is 4.18. The van der Waals surface area contributed by atoms with Crippen molar-refractivity contribution >= 4 is 21.7 Å². The lowest BCUT2D eigenvalue weighted by molar-refractivity contribution is -0.113. The molecule has 0 aromatic heterocycles. The summed E-state index contributed by atoms with van der Waals surface area (Å²) in [5.41, 5.74) is 0.804. The van der Waals surface area contributed by atoms with Gasteiger partial charge >= 0.3 is 0 Å². The van der Waals surface area contributed by atoms with E-state index in [1.807, 2.05) is 25.2 Å². The molecule has 0 fully saturated rings. The number of halogens is 1. The van der Waals surface area contributed by atoms with Crippen LogP contribution in [0.3, 0.4) is 0 Å².